The van der Waals surface area contributed by atoms with Crippen molar-refractivity contribution < 1.29 is 46.1 Å². The number of hydrogen-bond donors (Lipinski definition) is 0. The average Bonchev–Trinajstić information content (AvgIpc) is 1.61. The molecule has 3 nitrogen and oxygen atoms in total. The average molecular weight is 1490 g/mol. The molecule has 534 valence electrons. The first-order valence-corrected chi connectivity index (χ1v) is 37.5. The van der Waals surface area contributed by atoms with Crippen LogP contribution in [0.2, 0.25) is 0 Å². The van der Waals surface area contributed by atoms with Crippen molar-refractivity contribution in [3.63, 3.8) is 0 Å². The highest BCUT2D eigenvalue weighted by molar-refractivity contribution is 6.27. The predicted molar refractivity (Wildman–Crippen MR) is 489 cm³/mol. The van der Waals surface area contributed by atoms with Crippen molar-refractivity contribution in [3.8, 4) is 66.8 Å². The lowest BCUT2D eigenvalue weighted by Gasteiger charge is -2.18. The minimum absolute atomic E-state index is 0.162. The van der Waals surface area contributed by atoms with Gasteiger partial charge in [0, 0.05) is 48.8 Å². The van der Waals surface area contributed by atoms with E-state index in [1.165, 1.54) is 0 Å². The van der Waals surface area contributed by atoms with E-state index >= 15 is 0 Å². The molecule has 0 aliphatic carbocycles. The van der Waals surface area contributed by atoms with Gasteiger partial charge in [-0.05, 0) is 219 Å². The van der Waals surface area contributed by atoms with Gasteiger partial charge in [0.2, 0.25) is 0 Å². The van der Waals surface area contributed by atoms with Gasteiger partial charge in [0.1, 0.15) is 33.5 Å². The monoisotopic (exact) mass is 1480 g/mol. The van der Waals surface area contributed by atoms with Crippen LogP contribution in [-0.2, 0) is 0 Å². The molecule has 0 fully saturated rings. The second kappa shape index (κ2) is 26.8. The van der Waals surface area contributed by atoms with Gasteiger partial charge in [-0.3, -0.25) is 0 Å². The maximum Gasteiger partial charge on any atom is 0.143 e. The first kappa shape index (κ1) is 45.9. The van der Waals surface area contributed by atoms with Gasteiger partial charge in [-0.25, -0.2) is 0 Å². The zero-order chi connectivity index (χ0) is 96.5. The summed E-state index contributed by atoms with van der Waals surface area (Å²) in [5.41, 5.74) is 8.66. The molecule has 0 atom stereocenters. The van der Waals surface area contributed by atoms with Crippen LogP contribution in [-0.4, -0.2) is 0 Å². The van der Waals surface area contributed by atoms with Gasteiger partial charge >= 0.3 is 0 Å². The number of furan rings is 3. The molecule has 0 unspecified atom stereocenters. The summed E-state index contributed by atoms with van der Waals surface area (Å²) in [5, 5.41) is 14.9. The molecule has 0 radical (unpaired) electrons. The van der Waals surface area contributed by atoms with Gasteiger partial charge in [-0.2, -0.15) is 0 Å². The molecule has 3 heterocycles. The third-order valence-corrected chi connectivity index (χ3v) is 22.2. The highest BCUT2D eigenvalue weighted by Gasteiger charge is 2.24. The molecular weight excluding hydrogens is 1390 g/mol. The number of para-hydroxylation sites is 3. The summed E-state index contributed by atoms with van der Waals surface area (Å²) in [7, 11) is 0. The molecule has 3 aromatic heterocycles. The molecule has 0 saturated heterocycles. The SMILES string of the molecule is [2H]c1c([2H])c([2H])c2c(-c3ccc4c(c3)oc3c5ccccc5ccc43)c3c([2H])c([2H])c([2H])c([2H])c3c(-c3ccc4ccccc4c3)c2c1[2H].[2H]c1c([2H])c([2H])c2c(-c3ccc4c(c3)oc3ccccc34)c3c([2H])c([2H])c([2H])c([2H])c3c(-c3ccc4ccccc4c3)c2c1[2H].[2H]c1c([2H])c([2H])c2c(-c3cccc4c3oc3ccccc34)c3c([2H])c([2H])c([2H])c([2H])c3c(-c3ccc4ccccc4c3)c2c1[2H]. The van der Waals surface area contributed by atoms with Crippen LogP contribution < -0.4 is 0 Å². The number of rotatable bonds is 6. The van der Waals surface area contributed by atoms with Gasteiger partial charge in [-0.1, -0.05) is 351 Å². The lowest BCUT2D eigenvalue weighted by Crippen LogP contribution is -1.91. The first-order valence-electron chi connectivity index (χ1n) is 49.5. The molecule has 0 bridgehead atoms. The largest absolute Gasteiger partial charge is 0.456 e. The normalized spacial score (nSPS) is 14.7. The molecule has 0 amide bonds. The number of benzene rings is 22. The van der Waals surface area contributed by atoms with Crippen molar-refractivity contribution in [3.05, 3.63) is 412 Å². The Labute approximate surface area is 695 Å². The van der Waals surface area contributed by atoms with Crippen LogP contribution in [0.5, 0.6) is 0 Å². The fourth-order valence-electron chi connectivity index (χ4n) is 17.1. The van der Waals surface area contributed by atoms with Crippen LogP contribution in [0.25, 0.3) is 240 Å². The highest BCUT2D eigenvalue weighted by Crippen LogP contribution is 2.51. The van der Waals surface area contributed by atoms with E-state index in [-0.39, 0.29) is 143 Å². The number of hydrogen-bond acceptors (Lipinski definition) is 3. The van der Waals surface area contributed by atoms with Crippen LogP contribution >= 0.6 is 0 Å². The van der Waals surface area contributed by atoms with E-state index in [1.54, 1.807) is 18.2 Å². The molecule has 0 saturated carbocycles. The Morgan fingerprint density at radius 2 is 0.417 bits per heavy atom. The molecule has 25 aromatic rings. The van der Waals surface area contributed by atoms with Crippen LogP contribution in [0.1, 0.15) is 32.9 Å². The summed E-state index contributed by atoms with van der Waals surface area (Å²) in [6.07, 6.45) is 0. The Bertz CT molecular complexity index is 9630. The van der Waals surface area contributed by atoms with Crippen LogP contribution in [0.15, 0.2) is 425 Å². The summed E-state index contributed by atoms with van der Waals surface area (Å²) in [6.45, 7) is 0. The van der Waals surface area contributed by atoms with E-state index in [9.17, 15) is 11.0 Å². The molecule has 115 heavy (non-hydrogen) atoms. The fraction of sp³-hybridized carbons (Fsp3) is 0. The molecule has 0 aliphatic rings. The lowest BCUT2D eigenvalue weighted by atomic mass is 9.85. The Hall–Kier alpha value is -15.2. The standard InChI is InChI=1S/C40H24O.2C36H22O/c1-2-11-27-23-28(18-17-25(27)9-1)38-32-13-5-7-15-34(32)39(35-16-8-6-14-33(35)38)29-20-21-31-36-22-19-26-10-3-4-12-30(26)40(36)41-37(31)24-29;1-2-11-24-22-25(21-20-23(24)10-1)34-27-13-3-5-15-29(27)35(30-16-6-4-14-28(30)34)32-18-9-17-31-26-12-7-8-19-33(26)37-36(31)32;1-2-10-24-21-25(18-17-23(24)9-1)35-29-12-3-5-14-31(29)36(32-15-6-4-13-30(32)35)26-19-20-28-27-11-7-8-16-33(27)37-34(28)22-26/h1-24H;2*1-22H/i5D,6D,7D,8D,13D,14D,15D,16D;3D,4D,5D,6D,13D,14D,15D,16D;3D,4D,5D,6D,12D,13D,14D,15D. The van der Waals surface area contributed by atoms with Crippen molar-refractivity contribution in [1.29, 1.82) is 0 Å². The topological polar surface area (TPSA) is 39.4 Å². The van der Waals surface area contributed by atoms with Gasteiger partial charge in [0.25, 0.3) is 0 Å². The van der Waals surface area contributed by atoms with Crippen LogP contribution in [0.4, 0.5) is 0 Å². The van der Waals surface area contributed by atoms with Crippen molar-refractivity contribution in [2.24, 2.45) is 0 Å². The second-order valence-corrected chi connectivity index (χ2v) is 28.5. The van der Waals surface area contributed by atoms with Crippen LogP contribution in [0, 0.1) is 0 Å². The minimum Gasteiger partial charge on any atom is -0.456 e. The zero-order valence-electron chi connectivity index (χ0n) is 84.6. The summed E-state index contributed by atoms with van der Waals surface area (Å²) >= 11 is 0. The summed E-state index contributed by atoms with van der Waals surface area (Å²) in [4.78, 5) is 0. The first-order chi connectivity index (χ1) is 67.0. The molecule has 3 heteroatoms. The summed E-state index contributed by atoms with van der Waals surface area (Å²) in [5.74, 6) is 0. The Kier molecular flexibility index (Phi) is 10.7. The second-order valence-electron chi connectivity index (χ2n) is 28.5. The quantitative estimate of drug-likeness (QED) is 0.156. The molecule has 22 aromatic carbocycles. The fourth-order valence-corrected chi connectivity index (χ4v) is 17.1. The molecule has 0 spiro atoms. The van der Waals surface area contributed by atoms with Crippen molar-refractivity contribution in [2.45, 2.75) is 0 Å². The van der Waals surface area contributed by atoms with Gasteiger partial charge < -0.3 is 13.3 Å². The van der Waals surface area contributed by atoms with E-state index in [0.29, 0.717) is 89.1 Å². The van der Waals surface area contributed by atoms with Gasteiger partial charge in [0.05, 0.1) is 32.9 Å². The van der Waals surface area contributed by atoms with Crippen LogP contribution in [0.3, 0.4) is 0 Å². The summed E-state index contributed by atoms with van der Waals surface area (Å²) in [6, 6.07) is 75.1. The van der Waals surface area contributed by atoms with E-state index in [2.05, 4.69) is 0 Å². The maximum atomic E-state index is 9.24. The molecule has 0 N–H and O–H groups in total. The van der Waals surface area contributed by atoms with Crippen molar-refractivity contribution in [1.82, 2.24) is 0 Å². The minimum atomic E-state index is -0.435. The third-order valence-electron chi connectivity index (χ3n) is 22.2. The maximum absolute atomic E-state index is 9.24. The summed E-state index contributed by atoms with van der Waals surface area (Å²) < 4.78 is 233. The zero-order valence-corrected chi connectivity index (χ0v) is 60.6. The molecule has 0 aliphatic heterocycles. The van der Waals surface area contributed by atoms with E-state index in [4.69, 9.17) is 35.2 Å². The van der Waals surface area contributed by atoms with Gasteiger partial charge in [-0.15, -0.1) is 0 Å². The predicted octanol–water partition coefficient (Wildman–Crippen LogP) is 32.3. The highest BCUT2D eigenvalue weighted by atomic mass is 16.3. The Morgan fingerprint density at radius 3 is 0.835 bits per heavy atom. The number of fused-ring (bicyclic) bond motifs is 20. The molecule has 25 rings (SSSR count). The smallest absolute Gasteiger partial charge is 0.143 e. The van der Waals surface area contributed by atoms with E-state index in [0.717, 1.165) is 81.0 Å². The Balaban J connectivity index is 0.000000117. The van der Waals surface area contributed by atoms with E-state index in [1.807, 2.05) is 249 Å². The van der Waals surface area contributed by atoms with Crippen molar-refractivity contribution >= 4 is 174 Å². The molecular formula is C112H68O3. The van der Waals surface area contributed by atoms with E-state index < -0.39 is 72.5 Å². The van der Waals surface area contributed by atoms with Gasteiger partial charge in [0.15, 0.2) is 0 Å². The van der Waals surface area contributed by atoms with Crippen molar-refractivity contribution in [2.75, 3.05) is 0 Å². The lowest BCUT2D eigenvalue weighted by molar-refractivity contribution is 0.669. The Morgan fingerprint density at radius 1 is 0.157 bits per heavy atom. The third kappa shape index (κ3) is 10.8.